The molecule has 2 aromatic rings. The van der Waals surface area contributed by atoms with Gasteiger partial charge in [0.15, 0.2) is 0 Å². The largest absolute Gasteiger partial charge is 0.369 e. The minimum Gasteiger partial charge on any atom is -0.369 e. The Hall–Kier alpha value is -2.65. The van der Waals surface area contributed by atoms with Gasteiger partial charge in [0.2, 0.25) is 0 Å². The van der Waals surface area contributed by atoms with Crippen molar-refractivity contribution in [2.45, 2.75) is 6.92 Å². The lowest BCUT2D eigenvalue weighted by Gasteiger charge is -2.08. The molecular formula is C14H12ClN5O. The van der Waals surface area contributed by atoms with E-state index < -0.39 is 5.91 Å². The summed E-state index contributed by atoms with van der Waals surface area (Å²) in [6.45, 7) is 2.59. The van der Waals surface area contributed by atoms with E-state index in [1.54, 1.807) is 12.1 Å². The summed E-state index contributed by atoms with van der Waals surface area (Å²) in [6, 6.07) is 6.61. The van der Waals surface area contributed by atoms with Gasteiger partial charge in [-0.25, -0.2) is 4.98 Å². The molecule has 7 heteroatoms. The van der Waals surface area contributed by atoms with Gasteiger partial charge in [0.1, 0.15) is 11.5 Å². The maximum atomic E-state index is 12.1. The van der Waals surface area contributed by atoms with Crippen LogP contribution in [0.15, 0.2) is 30.6 Å². The second kappa shape index (κ2) is 6.68. The number of carbonyl (C=O) groups is 1. The molecule has 0 radical (unpaired) electrons. The van der Waals surface area contributed by atoms with Crippen molar-refractivity contribution in [1.29, 1.82) is 5.26 Å². The van der Waals surface area contributed by atoms with Gasteiger partial charge in [-0.1, -0.05) is 11.6 Å². The average molecular weight is 302 g/mol. The van der Waals surface area contributed by atoms with E-state index in [4.69, 9.17) is 16.9 Å². The summed E-state index contributed by atoms with van der Waals surface area (Å²) in [6.07, 6.45) is 2.89. The zero-order chi connectivity index (χ0) is 15.2. The van der Waals surface area contributed by atoms with Crippen molar-refractivity contribution >= 4 is 29.0 Å². The summed E-state index contributed by atoms with van der Waals surface area (Å²) in [4.78, 5) is 20.2. The summed E-state index contributed by atoms with van der Waals surface area (Å²) >= 11 is 5.99. The Bertz CT molecular complexity index is 711. The van der Waals surface area contributed by atoms with Gasteiger partial charge in [-0.15, -0.1) is 0 Å². The van der Waals surface area contributed by atoms with E-state index >= 15 is 0 Å². The third kappa shape index (κ3) is 3.68. The first-order valence-electron chi connectivity index (χ1n) is 6.21. The van der Waals surface area contributed by atoms with Crippen molar-refractivity contribution in [2.75, 3.05) is 17.2 Å². The molecule has 21 heavy (non-hydrogen) atoms. The minimum atomic E-state index is -0.445. The minimum absolute atomic E-state index is 0.159. The van der Waals surface area contributed by atoms with E-state index in [9.17, 15) is 4.79 Å². The number of rotatable bonds is 4. The van der Waals surface area contributed by atoms with E-state index in [1.165, 1.54) is 18.5 Å². The van der Waals surface area contributed by atoms with Crippen molar-refractivity contribution in [3.8, 4) is 6.07 Å². The van der Waals surface area contributed by atoms with Crippen LogP contribution < -0.4 is 10.6 Å². The number of hydrogen-bond donors (Lipinski definition) is 2. The number of nitrogens with one attached hydrogen (secondary N) is 2. The predicted molar refractivity (Wildman–Crippen MR) is 80.3 cm³/mol. The molecule has 0 spiro atoms. The molecule has 1 heterocycles. The average Bonchev–Trinajstić information content (AvgIpc) is 2.50. The summed E-state index contributed by atoms with van der Waals surface area (Å²) in [5, 5.41) is 14.8. The van der Waals surface area contributed by atoms with E-state index in [0.717, 1.165) is 0 Å². The molecule has 2 rings (SSSR count). The molecule has 2 N–H and O–H groups in total. The summed E-state index contributed by atoms with van der Waals surface area (Å²) in [5.74, 6) is 0.0706. The Morgan fingerprint density at radius 3 is 2.95 bits per heavy atom. The number of hydrogen-bond acceptors (Lipinski definition) is 5. The fourth-order valence-corrected chi connectivity index (χ4v) is 1.78. The lowest BCUT2D eigenvalue weighted by Crippen LogP contribution is -2.15. The second-order valence-corrected chi connectivity index (χ2v) is 4.49. The Morgan fingerprint density at radius 1 is 1.43 bits per heavy atom. The first kappa shape index (κ1) is 14.8. The summed E-state index contributed by atoms with van der Waals surface area (Å²) < 4.78 is 0. The van der Waals surface area contributed by atoms with Crippen molar-refractivity contribution < 1.29 is 4.79 Å². The van der Waals surface area contributed by atoms with Crippen LogP contribution in [0.3, 0.4) is 0 Å². The Kier molecular flexibility index (Phi) is 4.69. The van der Waals surface area contributed by atoms with Gasteiger partial charge in [0, 0.05) is 6.54 Å². The molecule has 0 atom stereocenters. The summed E-state index contributed by atoms with van der Waals surface area (Å²) in [7, 11) is 0. The zero-order valence-corrected chi connectivity index (χ0v) is 12.0. The van der Waals surface area contributed by atoms with Gasteiger partial charge < -0.3 is 10.6 Å². The molecular weight excluding hydrogens is 290 g/mol. The fraction of sp³-hybridized carbons (Fsp3) is 0.143. The predicted octanol–water partition coefficient (Wildman–Crippen LogP) is 2.69. The third-order valence-electron chi connectivity index (χ3n) is 2.57. The van der Waals surface area contributed by atoms with Crippen molar-refractivity contribution in [3.63, 3.8) is 0 Å². The van der Waals surface area contributed by atoms with Gasteiger partial charge in [-0.05, 0) is 25.1 Å². The second-order valence-electron chi connectivity index (χ2n) is 4.08. The van der Waals surface area contributed by atoms with Crippen LogP contribution in [-0.2, 0) is 0 Å². The summed E-state index contributed by atoms with van der Waals surface area (Å²) in [5.41, 5.74) is 0.922. The van der Waals surface area contributed by atoms with E-state index in [-0.39, 0.29) is 5.69 Å². The number of nitriles is 1. The monoisotopic (exact) mass is 301 g/mol. The van der Waals surface area contributed by atoms with Crippen LogP contribution in [0.25, 0.3) is 0 Å². The SMILES string of the molecule is CCNc1cncc(C(=O)Nc2cc(C#N)ccc2Cl)n1. The normalized spacial score (nSPS) is 9.76. The Balaban J connectivity index is 2.22. The zero-order valence-electron chi connectivity index (χ0n) is 11.2. The standard InChI is InChI=1S/C14H12ClN5O/c1-2-18-13-8-17-7-12(19-13)14(21)20-11-5-9(6-16)3-4-10(11)15/h3-5,7-8H,2H2,1H3,(H,18,19)(H,20,21). The molecule has 0 aliphatic rings. The highest BCUT2D eigenvalue weighted by Gasteiger charge is 2.11. The van der Waals surface area contributed by atoms with Gasteiger partial charge >= 0.3 is 0 Å². The first-order valence-corrected chi connectivity index (χ1v) is 6.58. The topological polar surface area (TPSA) is 90.7 Å². The van der Waals surface area contributed by atoms with E-state index in [2.05, 4.69) is 20.6 Å². The van der Waals surface area contributed by atoms with E-state index in [1.807, 2.05) is 13.0 Å². The number of aromatic nitrogens is 2. The van der Waals surface area contributed by atoms with Crippen LogP contribution in [0, 0.1) is 11.3 Å². The van der Waals surface area contributed by atoms with Crippen molar-refractivity contribution in [2.24, 2.45) is 0 Å². The molecule has 0 fully saturated rings. The van der Waals surface area contributed by atoms with Gasteiger partial charge in [-0.2, -0.15) is 5.26 Å². The van der Waals surface area contributed by atoms with Gasteiger partial charge in [0.25, 0.3) is 5.91 Å². The molecule has 0 saturated heterocycles. The van der Waals surface area contributed by atoms with Crippen LogP contribution in [0.1, 0.15) is 23.0 Å². The van der Waals surface area contributed by atoms with Crippen LogP contribution in [-0.4, -0.2) is 22.4 Å². The number of anilines is 2. The molecule has 0 unspecified atom stereocenters. The highest BCUT2D eigenvalue weighted by Crippen LogP contribution is 2.23. The smallest absolute Gasteiger partial charge is 0.275 e. The van der Waals surface area contributed by atoms with Crippen molar-refractivity contribution in [3.05, 3.63) is 46.9 Å². The van der Waals surface area contributed by atoms with Crippen molar-refractivity contribution in [1.82, 2.24) is 9.97 Å². The Morgan fingerprint density at radius 2 is 2.24 bits per heavy atom. The maximum absolute atomic E-state index is 12.1. The fourth-order valence-electron chi connectivity index (χ4n) is 1.62. The van der Waals surface area contributed by atoms with E-state index in [0.29, 0.717) is 28.6 Å². The van der Waals surface area contributed by atoms with Crippen LogP contribution >= 0.6 is 11.6 Å². The molecule has 0 aliphatic heterocycles. The molecule has 106 valence electrons. The third-order valence-corrected chi connectivity index (χ3v) is 2.90. The maximum Gasteiger partial charge on any atom is 0.275 e. The van der Waals surface area contributed by atoms with Crippen LogP contribution in [0.5, 0.6) is 0 Å². The first-order chi connectivity index (χ1) is 10.1. The lowest BCUT2D eigenvalue weighted by molar-refractivity contribution is 0.102. The number of benzene rings is 1. The molecule has 0 saturated carbocycles. The number of nitrogens with zero attached hydrogens (tertiary/aromatic N) is 3. The Labute approximate surface area is 126 Å². The molecule has 1 aromatic heterocycles. The lowest BCUT2D eigenvalue weighted by atomic mass is 10.2. The molecule has 1 aromatic carbocycles. The van der Waals surface area contributed by atoms with Crippen LogP contribution in [0.2, 0.25) is 5.02 Å². The molecule has 1 amide bonds. The number of carbonyl (C=O) groups excluding carboxylic acids is 1. The van der Waals surface area contributed by atoms with Crippen LogP contribution in [0.4, 0.5) is 11.5 Å². The molecule has 0 bridgehead atoms. The number of amides is 1. The molecule has 0 aliphatic carbocycles. The quantitative estimate of drug-likeness (QED) is 0.906. The van der Waals surface area contributed by atoms with Gasteiger partial charge in [-0.3, -0.25) is 9.78 Å². The number of halogens is 1. The highest BCUT2D eigenvalue weighted by atomic mass is 35.5. The highest BCUT2D eigenvalue weighted by molar-refractivity contribution is 6.33. The molecule has 6 nitrogen and oxygen atoms in total. The van der Waals surface area contributed by atoms with Gasteiger partial charge in [0.05, 0.1) is 34.7 Å².